The van der Waals surface area contributed by atoms with E-state index in [4.69, 9.17) is 9.72 Å². The molecule has 1 atom stereocenters. The van der Waals surface area contributed by atoms with Crippen LogP contribution < -0.4 is 9.80 Å². The van der Waals surface area contributed by atoms with Crippen molar-refractivity contribution in [1.82, 2.24) is 29.4 Å². The van der Waals surface area contributed by atoms with Gasteiger partial charge in [0, 0.05) is 43.7 Å². The lowest BCUT2D eigenvalue weighted by atomic mass is 10.0. The molecule has 0 radical (unpaired) electrons. The largest absolute Gasteiger partial charge is 0.378 e. The van der Waals surface area contributed by atoms with Crippen molar-refractivity contribution >= 4 is 17.0 Å². The molecular weight excluding hydrogens is 497 g/mol. The molecule has 0 aliphatic carbocycles. The van der Waals surface area contributed by atoms with E-state index >= 15 is 0 Å². The number of rotatable bonds is 6. The van der Waals surface area contributed by atoms with Crippen LogP contribution in [0.1, 0.15) is 24.1 Å². The van der Waals surface area contributed by atoms with Gasteiger partial charge in [0.05, 0.1) is 60.8 Å². The van der Waals surface area contributed by atoms with Crippen molar-refractivity contribution in [2.45, 2.75) is 13.0 Å². The van der Waals surface area contributed by atoms with Gasteiger partial charge in [-0.3, -0.25) is 0 Å². The fraction of sp³-hybridized carbons (Fsp3) is 0.250. The first-order valence-electron chi connectivity index (χ1n) is 12.6. The molecule has 1 saturated heterocycles. The first-order valence-corrected chi connectivity index (χ1v) is 12.6. The Balaban J connectivity index is 1.27. The van der Waals surface area contributed by atoms with Gasteiger partial charge in [0.2, 0.25) is 0 Å². The Morgan fingerprint density at radius 1 is 1.03 bits per heavy atom. The molecule has 0 aromatic carbocycles. The minimum atomic E-state index is -0.408. The van der Waals surface area contributed by atoms with Gasteiger partial charge in [-0.05, 0) is 36.8 Å². The minimum Gasteiger partial charge on any atom is -0.378 e. The SMILES string of the molecule is CC(c1ccc(-n2cc(F)cn2)nc1)N(C)c1ccc(-c2cc(N3CCOCC3)cn3ncc(C#N)c23)cn1. The van der Waals surface area contributed by atoms with E-state index in [1.807, 2.05) is 43.7 Å². The number of pyridine rings is 3. The summed E-state index contributed by atoms with van der Waals surface area (Å²) in [6.07, 6.45) is 9.60. The van der Waals surface area contributed by atoms with Crippen LogP contribution in [-0.2, 0) is 4.74 Å². The first-order chi connectivity index (χ1) is 19.0. The number of morpholine rings is 1. The average molecular weight is 524 g/mol. The van der Waals surface area contributed by atoms with Crippen LogP contribution in [-0.4, -0.2) is 62.7 Å². The van der Waals surface area contributed by atoms with E-state index in [0.29, 0.717) is 24.6 Å². The zero-order valence-electron chi connectivity index (χ0n) is 21.6. The molecule has 0 spiro atoms. The van der Waals surface area contributed by atoms with Crippen LogP contribution in [0.15, 0.2) is 67.5 Å². The number of fused-ring (bicyclic) bond motifs is 1. The molecule has 1 unspecified atom stereocenters. The summed E-state index contributed by atoms with van der Waals surface area (Å²) in [5.74, 6) is 0.926. The Hall–Kier alpha value is -4.82. The summed E-state index contributed by atoms with van der Waals surface area (Å²) in [7, 11) is 1.98. The molecular formula is C28H26FN9O. The van der Waals surface area contributed by atoms with Crippen LogP contribution in [0.2, 0.25) is 0 Å². The maximum atomic E-state index is 13.3. The molecule has 6 heterocycles. The lowest BCUT2D eigenvalue weighted by molar-refractivity contribution is 0.122. The number of ether oxygens (including phenoxy) is 1. The van der Waals surface area contributed by atoms with Crippen LogP contribution in [0.4, 0.5) is 15.9 Å². The van der Waals surface area contributed by atoms with Gasteiger partial charge in [-0.25, -0.2) is 23.6 Å². The Morgan fingerprint density at radius 3 is 2.54 bits per heavy atom. The number of hydrogen-bond acceptors (Lipinski definition) is 8. The van der Waals surface area contributed by atoms with Crippen molar-refractivity contribution in [3.8, 4) is 23.0 Å². The van der Waals surface area contributed by atoms with Gasteiger partial charge in [-0.15, -0.1) is 0 Å². The predicted octanol–water partition coefficient (Wildman–Crippen LogP) is 4.02. The van der Waals surface area contributed by atoms with E-state index in [2.05, 4.69) is 44.0 Å². The zero-order valence-corrected chi connectivity index (χ0v) is 21.6. The van der Waals surface area contributed by atoms with E-state index in [1.165, 1.54) is 10.9 Å². The normalized spacial score (nSPS) is 14.4. The third-order valence-corrected chi connectivity index (χ3v) is 7.13. The van der Waals surface area contributed by atoms with E-state index in [9.17, 15) is 9.65 Å². The topological polar surface area (TPSA) is 100 Å². The van der Waals surface area contributed by atoms with Crippen molar-refractivity contribution < 1.29 is 9.13 Å². The van der Waals surface area contributed by atoms with E-state index < -0.39 is 5.82 Å². The number of anilines is 2. The monoisotopic (exact) mass is 523 g/mol. The van der Waals surface area contributed by atoms with Crippen LogP contribution in [0.25, 0.3) is 22.5 Å². The fourth-order valence-corrected chi connectivity index (χ4v) is 4.79. The number of aromatic nitrogens is 6. The van der Waals surface area contributed by atoms with Crippen LogP contribution in [0, 0.1) is 17.1 Å². The third-order valence-electron chi connectivity index (χ3n) is 7.13. The summed E-state index contributed by atoms with van der Waals surface area (Å²) in [6, 6.07) is 12.1. The third kappa shape index (κ3) is 4.66. The number of halogens is 1. The maximum absolute atomic E-state index is 13.3. The van der Waals surface area contributed by atoms with Crippen LogP contribution in [0.3, 0.4) is 0 Å². The van der Waals surface area contributed by atoms with E-state index in [-0.39, 0.29) is 6.04 Å². The number of nitriles is 1. The molecule has 1 aliphatic heterocycles. The Morgan fingerprint density at radius 2 is 1.87 bits per heavy atom. The van der Waals surface area contributed by atoms with Gasteiger partial charge in [0.1, 0.15) is 11.9 Å². The molecule has 196 valence electrons. The predicted molar refractivity (Wildman–Crippen MR) is 144 cm³/mol. The van der Waals surface area contributed by atoms with Gasteiger partial charge in [-0.2, -0.15) is 15.5 Å². The molecule has 11 heteroatoms. The molecule has 0 bridgehead atoms. The maximum Gasteiger partial charge on any atom is 0.161 e. The molecule has 5 aromatic heterocycles. The average Bonchev–Trinajstić information content (AvgIpc) is 3.62. The van der Waals surface area contributed by atoms with Gasteiger partial charge in [-0.1, -0.05) is 6.07 Å². The molecule has 5 aromatic rings. The van der Waals surface area contributed by atoms with Crippen molar-refractivity contribution in [2.75, 3.05) is 43.2 Å². The lowest BCUT2D eigenvalue weighted by Crippen LogP contribution is -2.36. The molecule has 10 nitrogen and oxygen atoms in total. The molecule has 0 saturated carbocycles. The quantitative estimate of drug-likeness (QED) is 0.329. The van der Waals surface area contributed by atoms with Crippen molar-refractivity contribution in [3.05, 3.63) is 84.5 Å². The van der Waals surface area contributed by atoms with Crippen molar-refractivity contribution in [2.24, 2.45) is 0 Å². The molecule has 6 rings (SSSR count). The smallest absolute Gasteiger partial charge is 0.161 e. The highest BCUT2D eigenvalue weighted by atomic mass is 19.1. The Labute approximate surface area is 224 Å². The van der Waals surface area contributed by atoms with Gasteiger partial charge >= 0.3 is 0 Å². The molecule has 1 fully saturated rings. The van der Waals surface area contributed by atoms with Gasteiger partial charge in [0.25, 0.3) is 0 Å². The summed E-state index contributed by atoms with van der Waals surface area (Å²) in [5, 5.41) is 18.1. The summed E-state index contributed by atoms with van der Waals surface area (Å²) in [6.45, 7) is 5.02. The second-order valence-corrected chi connectivity index (χ2v) is 9.42. The highest BCUT2D eigenvalue weighted by molar-refractivity contribution is 5.86. The molecule has 1 aliphatic rings. The van der Waals surface area contributed by atoms with Crippen LogP contribution in [0.5, 0.6) is 0 Å². The van der Waals surface area contributed by atoms with Crippen molar-refractivity contribution in [3.63, 3.8) is 0 Å². The van der Waals surface area contributed by atoms with Crippen molar-refractivity contribution in [1.29, 1.82) is 5.26 Å². The second-order valence-electron chi connectivity index (χ2n) is 9.42. The summed E-state index contributed by atoms with van der Waals surface area (Å²) in [5.41, 5.74) is 5.08. The van der Waals surface area contributed by atoms with Gasteiger partial charge < -0.3 is 14.5 Å². The Bertz CT molecular complexity index is 1650. The van der Waals surface area contributed by atoms with E-state index in [1.54, 1.807) is 16.9 Å². The number of nitrogens with zero attached hydrogens (tertiary/aromatic N) is 9. The summed E-state index contributed by atoms with van der Waals surface area (Å²) >= 11 is 0. The summed E-state index contributed by atoms with van der Waals surface area (Å²) in [4.78, 5) is 13.5. The second kappa shape index (κ2) is 10.2. The number of hydrogen-bond donors (Lipinski definition) is 0. The van der Waals surface area contributed by atoms with Crippen LogP contribution >= 0.6 is 0 Å². The summed E-state index contributed by atoms with van der Waals surface area (Å²) < 4.78 is 22.0. The Kier molecular flexibility index (Phi) is 6.38. The fourth-order valence-electron chi connectivity index (χ4n) is 4.79. The zero-order chi connectivity index (χ0) is 26.9. The minimum absolute atomic E-state index is 0.0179. The standard InChI is InChI=1S/C28H26FN9O/c1-19(20-3-6-27(32-13-20)37-17-23(29)16-34-37)35(2)26-5-4-21(14-31-26)25-11-24(36-7-9-39-10-8-36)18-38-28(25)22(12-30)15-33-38/h3-6,11,13-19H,7-10H2,1-2H3. The first kappa shape index (κ1) is 24.5. The highest BCUT2D eigenvalue weighted by Gasteiger charge is 2.19. The molecule has 0 amide bonds. The molecule has 39 heavy (non-hydrogen) atoms. The molecule has 0 N–H and O–H groups in total. The lowest BCUT2D eigenvalue weighted by Gasteiger charge is -2.29. The highest BCUT2D eigenvalue weighted by Crippen LogP contribution is 2.33. The van der Waals surface area contributed by atoms with E-state index in [0.717, 1.165) is 53.0 Å². The van der Waals surface area contributed by atoms with Gasteiger partial charge in [0.15, 0.2) is 11.6 Å².